The summed E-state index contributed by atoms with van der Waals surface area (Å²) < 4.78 is 98.9. The van der Waals surface area contributed by atoms with Gasteiger partial charge in [-0.3, -0.25) is 4.79 Å². The van der Waals surface area contributed by atoms with Gasteiger partial charge in [0.25, 0.3) is 5.91 Å². The number of sulfone groups is 1. The summed E-state index contributed by atoms with van der Waals surface area (Å²) in [6.45, 7) is -1.67. The Kier molecular flexibility index (Phi) is 10.6. The van der Waals surface area contributed by atoms with Gasteiger partial charge < -0.3 is 19.7 Å². The predicted octanol–water partition coefficient (Wildman–Crippen LogP) is 5.54. The highest BCUT2D eigenvalue weighted by molar-refractivity contribution is 7.91. The van der Waals surface area contributed by atoms with Crippen molar-refractivity contribution in [2.45, 2.75) is 55.6 Å². The highest BCUT2D eigenvalue weighted by Gasteiger charge is 2.35. The second-order valence-corrected chi connectivity index (χ2v) is 12.4. The molecule has 0 spiro atoms. The number of hydrogen-bond acceptors (Lipinski definition) is 8. The molecular formula is C30H29F5N4O5S. The van der Waals surface area contributed by atoms with E-state index in [0.717, 1.165) is 12.1 Å². The molecule has 3 aromatic rings. The molecule has 1 amide bonds. The van der Waals surface area contributed by atoms with Crippen LogP contribution in [0.1, 0.15) is 47.4 Å². The molecule has 1 aliphatic rings. The summed E-state index contributed by atoms with van der Waals surface area (Å²) >= 11 is 0. The first-order valence-corrected chi connectivity index (χ1v) is 15.4. The largest absolute Gasteiger partial charge is 0.489 e. The number of benzene rings is 2. The topological polar surface area (TPSA) is 122 Å². The third-order valence-electron chi connectivity index (χ3n) is 7.21. The van der Waals surface area contributed by atoms with Gasteiger partial charge in [-0.15, -0.1) is 0 Å². The molecule has 0 saturated carbocycles. The van der Waals surface area contributed by atoms with Crippen molar-refractivity contribution in [3.63, 3.8) is 0 Å². The number of carbonyl (C=O) groups excluding carboxylic acids is 1. The smallest absolute Gasteiger partial charge is 0.416 e. The third-order valence-corrected chi connectivity index (χ3v) is 8.96. The average molecular weight is 653 g/mol. The van der Waals surface area contributed by atoms with Crippen LogP contribution in [0.15, 0.2) is 71.8 Å². The Morgan fingerprint density at radius 1 is 1.11 bits per heavy atom. The van der Waals surface area contributed by atoms with Gasteiger partial charge in [-0.2, -0.15) is 27.2 Å². The summed E-state index contributed by atoms with van der Waals surface area (Å²) in [5.41, 5.74) is 0.161. The summed E-state index contributed by atoms with van der Waals surface area (Å²) in [7, 11) is -3.42. The average Bonchev–Trinajstić information content (AvgIpc) is 3.42. The van der Waals surface area contributed by atoms with Gasteiger partial charge in [0.15, 0.2) is 9.84 Å². The molecule has 1 saturated heterocycles. The molecule has 9 nitrogen and oxygen atoms in total. The number of pyridine rings is 1. The summed E-state index contributed by atoms with van der Waals surface area (Å²) in [6, 6.07) is 13.7. The van der Waals surface area contributed by atoms with Crippen LogP contribution >= 0.6 is 0 Å². The summed E-state index contributed by atoms with van der Waals surface area (Å²) in [6.07, 6.45) is -3.57. The van der Waals surface area contributed by atoms with Gasteiger partial charge in [0.2, 0.25) is 0 Å². The maximum atomic E-state index is 13.0. The molecule has 1 fully saturated rings. The zero-order chi connectivity index (χ0) is 32.8. The fourth-order valence-electron chi connectivity index (χ4n) is 4.87. The molecule has 3 atom stereocenters. The van der Waals surface area contributed by atoms with Crippen molar-refractivity contribution < 1.29 is 44.6 Å². The lowest BCUT2D eigenvalue weighted by Crippen LogP contribution is -2.34. The zero-order valence-electron chi connectivity index (χ0n) is 23.9. The molecule has 0 aliphatic carbocycles. The highest BCUT2D eigenvalue weighted by atomic mass is 32.2. The summed E-state index contributed by atoms with van der Waals surface area (Å²) in [5.74, 6) is -0.493. The molecule has 0 radical (unpaired) electrons. The summed E-state index contributed by atoms with van der Waals surface area (Å²) in [4.78, 5) is 19.0. The van der Waals surface area contributed by atoms with Crippen molar-refractivity contribution in [2.75, 3.05) is 23.8 Å². The molecule has 2 heterocycles. The standard InChI is InChI=1S/C30H29F5N4O5S/c1-2-45(41,42)25-10-3-19(4-11-25)26(13-14-36)38-28(40)27-12-7-21(16-37-27)39-17-24(15-22(39)18-43-29(31)32)44-23-8-5-20(6-9-23)30(33,34)35/h3-12,16,22,24,26,29H,2,13,15,17-18H2,1H3,(H,38,40)/t22-,24-,26-/m0/s1. The molecule has 240 valence electrons. The fourth-order valence-corrected chi connectivity index (χ4v) is 5.76. The van der Waals surface area contributed by atoms with Gasteiger partial charge in [0.1, 0.15) is 17.5 Å². The van der Waals surface area contributed by atoms with Crippen LogP contribution in [0, 0.1) is 11.3 Å². The van der Waals surface area contributed by atoms with E-state index >= 15 is 0 Å². The Labute approximate surface area is 256 Å². The van der Waals surface area contributed by atoms with Crippen LogP contribution in [0.5, 0.6) is 5.75 Å². The SMILES string of the molecule is CCS(=O)(=O)c1ccc([C@H](CC#N)NC(=O)c2ccc(N3C[C@@H](Oc4ccc(C(F)(F)F)cc4)C[C@H]3COC(F)F)cn2)cc1. The minimum absolute atomic E-state index is 0.00371. The van der Waals surface area contributed by atoms with E-state index in [1.165, 1.54) is 55.6 Å². The highest BCUT2D eigenvalue weighted by Crippen LogP contribution is 2.32. The first-order chi connectivity index (χ1) is 21.3. The van der Waals surface area contributed by atoms with Crippen molar-refractivity contribution in [1.82, 2.24) is 10.3 Å². The Morgan fingerprint density at radius 3 is 2.36 bits per heavy atom. The molecule has 0 bridgehead atoms. The lowest BCUT2D eigenvalue weighted by molar-refractivity contribution is -0.137. The normalized spacial score (nSPS) is 17.6. The lowest BCUT2D eigenvalue weighted by Gasteiger charge is -2.26. The second-order valence-electron chi connectivity index (χ2n) is 10.2. The monoisotopic (exact) mass is 652 g/mol. The van der Waals surface area contributed by atoms with Gasteiger partial charge in [0.05, 0.1) is 65.8 Å². The number of anilines is 1. The molecule has 0 unspecified atom stereocenters. The van der Waals surface area contributed by atoms with E-state index in [9.17, 15) is 40.4 Å². The zero-order valence-corrected chi connectivity index (χ0v) is 24.7. The van der Waals surface area contributed by atoms with Crippen LogP contribution in [0.2, 0.25) is 0 Å². The Bertz CT molecular complexity index is 1600. The number of alkyl halides is 5. The number of nitrogens with one attached hydrogen (secondary N) is 1. The minimum atomic E-state index is -4.50. The number of aromatic nitrogens is 1. The van der Waals surface area contributed by atoms with Gasteiger partial charge in [0, 0.05) is 6.42 Å². The van der Waals surface area contributed by atoms with Crippen LogP contribution < -0.4 is 15.0 Å². The predicted molar refractivity (Wildman–Crippen MR) is 152 cm³/mol. The number of nitrogens with zero attached hydrogens (tertiary/aromatic N) is 3. The molecule has 45 heavy (non-hydrogen) atoms. The number of hydrogen-bond donors (Lipinski definition) is 1. The maximum absolute atomic E-state index is 13.0. The van der Waals surface area contributed by atoms with Gasteiger partial charge in [-0.05, 0) is 54.1 Å². The second kappa shape index (κ2) is 14.2. The number of nitriles is 1. The van der Waals surface area contributed by atoms with E-state index in [4.69, 9.17) is 4.74 Å². The van der Waals surface area contributed by atoms with Crippen molar-refractivity contribution in [3.05, 3.63) is 83.7 Å². The van der Waals surface area contributed by atoms with E-state index in [-0.39, 0.29) is 48.1 Å². The molecule has 4 rings (SSSR count). The van der Waals surface area contributed by atoms with Gasteiger partial charge in [-0.1, -0.05) is 19.1 Å². The number of ether oxygens (including phenoxy) is 2. The molecule has 15 heteroatoms. The van der Waals surface area contributed by atoms with E-state index in [2.05, 4.69) is 15.0 Å². The molecule has 2 aromatic carbocycles. The van der Waals surface area contributed by atoms with E-state index in [1.807, 2.05) is 6.07 Å². The number of amides is 1. The third kappa shape index (κ3) is 8.67. The molecule has 1 aliphatic heterocycles. The molecule has 1 aromatic heterocycles. The first-order valence-electron chi connectivity index (χ1n) is 13.8. The number of carbonyl (C=O) groups is 1. The van der Waals surface area contributed by atoms with Crippen LogP contribution in [0.25, 0.3) is 0 Å². The van der Waals surface area contributed by atoms with Crippen molar-refractivity contribution in [1.29, 1.82) is 5.26 Å². The number of rotatable bonds is 12. The minimum Gasteiger partial charge on any atom is -0.489 e. The lowest BCUT2D eigenvalue weighted by atomic mass is 10.0. The van der Waals surface area contributed by atoms with E-state index < -0.39 is 52.3 Å². The Hall–Kier alpha value is -4.29. The Balaban J connectivity index is 1.46. The van der Waals surface area contributed by atoms with Crippen molar-refractivity contribution in [3.8, 4) is 11.8 Å². The fraction of sp³-hybridized carbons (Fsp3) is 0.367. The van der Waals surface area contributed by atoms with E-state index in [1.54, 1.807) is 11.0 Å². The van der Waals surface area contributed by atoms with Crippen molar-refractivity contribution >= 4 is 21.4 Å². The quantitative estimate of drug-likeness (QED) is 0.253. The van der Waals surface area contributed by atoms with E-state index in [0.29, 0.717) is 11.3 Å². The number of halogens is 5. The van der Waals surface area contributed by atoms with Crippen LogP contribution in [-0.2, 0) is 20.8 Å². The first kappa shape index (κ1) is 33.6. The molecular weight excluding hydrogens is 623 g/mol. The van der Waals surface area contributed by atoms with Crippen LogP contribution in [-0.4, -0.2) is 57.0 Å². The summed E-state index contributed by atoms with van der Waals surface area (Å²) in [5, 5.41) is 12.0. The Morgan fingerprint density at radius 2 is 1.80 bits per heavy atom. The maximum Gasteiger partial charge on any atom is 0.416 e. The van der Waals surface area contributed by atoms with Crippen molar-refractivity contribution in [2.24, 2.45) is 0 Å². The van der Waals surface area contributed by atoms with Gasteiger partial charge >= 0.3 is 12.8 Å². The van der Waals surface area contributed by atoms with Crippen LogP contribution in [0.3, 0.4) is 0 Å². The van der Waals surface area contributed by atoms with Gasteiger partial charge in [-0.25, -0.2) is 13.4 Å². The van der Waals surface area contributed by atoms with Crippen LogP contribution in [0.4, 0.5) is 27.6 Å². The molecule has 1 N–H and O–H groups in total.